The predicted molar refractivity (Wildman–Crippen MR) is 250 cm³/mol. The Morgan fingerprint density at radius 1 is 0.653 bits per heavy atom. The Labute approximate surface area is 416 Å². The zero-order chi connectivity index (χ0) is 51.5. The Morgan fingerprint density at radius 2 is 1.17 bits per heavy atom. The Kier molecular flexibility index (Phi) is 18.7. The zero-order valence-corrected chi connectivity index (χ0v) is 40.2. The minimum absolute atomic E-state index is 0.0223. The van der Waals surface area contributed by atoms with E-state index in [1.165, 1.54) is 19.1 Å². The molecule has 16 atom stereocenters. The summed E-state index contributed by atoms with van der Waals surface area (Å²) in [5.74, 6) is -8.54. The van der Waals surface area contributed by atoms with Crippen molar-refractivity contribution in [2.24, 2.45) is 17.8 Å². The van der Waals surface area contributed by atoms with Crippen molar-refractivity contribution in [3.05, 3.63) is 144 Å². The first kappa shape index (κ1) is 54.1. The van der Waals surface area contributed by atoms with Crippen LogP contribution in [0.3, 0.4) is 0 Å². The van der Waals surface area contributed by atoms with Gasteiger partial charge < -0.3 is 72.9 Å². The smallest absolute Gasteiger partial charge is 0.366 e. The number of methoxy groups -OCH3 is 1. The van der Waals surface area contributed by atoms with E-state index in [2.05, 4.69) is 0 Å². The van der Waals surface area contributed by atoms with Gasteiger partial charge in [-0.2, -0.15) is 0 Å². The van der Waals surface area contributed by atoms with Crippen LogP contribution in [0.4, 0.5) is 0 Å². The summed E-state index contributed by atoms with van der Waals surface area (Å²) in [6.45, 7) is 2.83. The van der Waals surface area contributed by atoms with E-state index in [-0.39, 0.29) is 23.3 Å². The molecule has 3 fully saturated rings. The lowest BCUT2D eigenvalue weighted by atomic mass is 9.84. The molecule has 4 aromatic rings. The summed E-state index contributed by atoms with van der Waals surface area (Å²) in [7, 11) is 1.04. The van der Waals surface area contributed by atoms with E-state index >= 15 is 0 Å². The van der Waals surface area contributed by atoms with Crippen molar-refractivity contribution in [2.75, 3.05) is 26.9 Å². The van der Waals surface area contributed by atoms with Gasteiger partial charge in [0.1, 0.15) is 31.0 Å². The molecule has 0 bridgehead atoms. The van der Waals surface area contributed by atoms with Crippen molar-refractivity contribution in [3.8, 4) is 0 Å². The van der Waals surface area contributed by atoms with Gasteiger partial charge in [-0.05, 0) is 42.0 Å². The number of hydrogen-bond donors (Lipinski definition) is 5. The van der Waals surface area contributed by atoms with Crippen LogP contribution in [0.15, 0.2) is 121 Å². The topological polar surface area (TPSA) is 262 Å². The third kappa shape index (κ3) is 12.7. The first-order valence-corrected chi connectivity index (χ1v) is 23.7. The molecular formula is C53H62O19. The number of carbonyl (C=O) groups is 4. The molecule has 5 unspecified atom stereocenters. The average Bonchev–Trinajstić information content (AvgIpc) is 3.41. The minimum atomic E-state index is -2.44. The van der Waals surface area contributed by atoms with Gasteiger partial charge in [0.15, 0.2) is 24.8 Å². The minimum Gasteiger partial charge on any atom is -0.465 e. The van der Waals surface area contributed by atoms with Gasteiger partial charge in [0.2, 0.25) is 0 Å². The first-order chi connectivity index (χ1) is 34.6. The highest BCUT2D eigenvalue weighted by molar-refractivity contribution is 5.90. The van der Waals surface area contributed by atoms with Gasteiger partial charge in [-0.25, -0.2) is 19.2 Å². The second-order valence-electron chi connectivity index (χ2n) is 18.1. The first-order valence-electron chi connectivity index (χ1n) is 23.7. The van der Waals surface area contributed by atoms with Gasteiger partial charge >= 0.3 is 23.9 Å². The number of hydrogen-bond acceptors (Lipinski definition) is 19. The van der Waals surface area contributed by atoms with Crippen LogP contribution in [0, 0.1) is 17.8 Å². The molecule has 7 rings (SSSR count). The highest BCUT2D eigenvalue weighted by Gasteiger charge is 2.57. The molecule has 5 N–H and O–H groups in total. The van der Waals surface area contributed by atoms with Crippen molar-refractivity contribution in [1.82, 2.24) is 0 Å². The number of rotatable bonds is 19. The van der Waals surface area contributed by atoms with Gasteiger partial charge in [-0.1, -0.05) is 106 Å². The van der Waals surface area contributed by atoms with Crippen molar-refractivity contribution >= 4 is 23.9 Å². The van der Waals surface area contributed by atoms with Crippen molar-refractivity contribution < 1.29 is 92.1 Å². The van der Waals surface area contributed by atoms with Gasteiger partial charge in [-0.3, -0.25) is 0 Å². The molecule has 3 saturated heterocycles. The van der Waals surface area contributed by atoms with Crippen LogP contribution >= 0.6 is 0 Å². The molecule has 4 aromatic carbocycles. The number of benzene rings is 4. The standard InChI is InChI=1S/C53H62O19/c1-30-37(55)25-53(52(62)63-4,72-44(30)42(58)38(56)26-54)66-29-39-41(57)31(2)45(69-48(60)35-21-13-7-14-22-35)51(67-39)71-43-32(3)46(70-49(61)36-23-15-8-16-24-36)50(65-27-33-17-9-5-10-18-33)68-40(43)28-64-47(59)34-19-11-6-12-20-34/h5-24,30-32,37-46,50-51,54-58H,25-29H2,1-4H3/t30-,31+,32+,37-,38-,39?,40?,41-,42-,43+,44?,45?,46?,50-,51+,53-/m1/s1. The molecule has 0 spiro atoms. The monoisotopic (exact) mass is 1000 g/mol. The highest BCUT2D eigenvalue weighted by Crippen LogP contribution is 2.40. The number of carbonyl (C=O) groups excluding carboxylic acids is 4. The van der Waals surface area contributed by atoms with E-state index in [1.807, 2.05) is 30.3 Å². The lowest BCUT2D eigenvalue weighted by molar-refractivity contribution is -0.359. The van der Waals surface area contributed by atoms with Gasteiger partial charge in [0.25, 0.3) is 5.79 Å². The molecule has 0 amide bonds. The molecule has 72 heavy (non-hydrogen) atoms. The van der Waals surface area contributed by atoms with E-state index in [0.717, 1.165) is 12.7 Å². The van der Waals surface area contributed by atoms with Crippen LogP contribution in [-0.4, -0.2) is 156 Å². The van der Waals surface area contributed by atoms with E-state index < -0.39 is 147 Å². The van der Waals surface area contributed by atoms with E-state index in [0.29, 0.717) is 0 Å². The molecule has 0 radical (unpaired) electrons. The average molecular weight is 1000 g/mol. The Bertz CT molecular complexity index is 2360. The van der Waals surface area contributed by atoms with E-state index in [1.54, 1.807) is 92.7 Å². The van der Waals surface area contributed by atoms with E-state index in [9.17, 15) is 44.7 Å². The maximum atomic E-state index is 13.8. The summed E-state index contributed by atoms with van der Waals surface area (Å²) >= 11 is 0. The number of esters is 4. The third-order valence-corrected chi connectivity index (χ3v) is 13.3. The maximum Gasteiger partial charge on any atom is 0.366 e. The summed E-state index contributed by atoms with van der Waals surface area (Å²) < 4.78 is 61.6. The Hall–Kier alpha value is -5.68. The van der Waals surface area contributed by atoms with Crippen LogP contribution in [0.2, 0.25) is 0 Å². The molecule has 3 aliphatic rings. The van der Waals surface area contributed by atoms with Gasteiger partial charge in [0, 0.05) is 24.2 Å². The van der Waals surface area contributed by atoms with Crippen molar-refractivity contribution in [1.29, 1.82) is 0 Å². The van der Waals surface area contributed by atoms with Crippen molar-refractivity contribution in [2.45, 2.75) is 113 Å². The lowest BCUT2D eigenvalue weighted by Crippen LogP contribution is -2.64. The van der Waals surface area contributed by atoms with Crippen molar-refractivity contribution in [3.63, 3.8) is 0 Å². The molecule has 0 aromatic heterocycles. The molecule has 19 nitrogen and oxygen atoms in total. The fraction of sp³-hybridized carbons (Fsp3) is 0.472. The lowest BCUT2D eigenvalue weighted by Gasteiger charge is -2.49. The number of aliphatic hydroxyl groups excluding tert-OH is 5. The Morgan fingerprint density at radius 3 is 1.71 bits per heavy atom. The van der Waals surface area contributed by atoms with Crippen LogP contribution in [0.1, 0.15) is 63.8 Å². The summed E-state index contributed by atoms with van der Waals surface area (Å²) in [5, 5.41) is 54.0. The largest absolute Gasteiger partial charge is 0.465 e. The van der Waals surface area contributed by atoms with Crippen LogP contribution in [-0.2, 0) is 58.8 Å². The molecule has 0 aliphatic carbocycles. The molecule has 3 heterocycles. The number of aliphatic hydroxyl groups is 5. The molecule has 3 aliphatic heterocycles. The fourth-order valence-corrected chi connectivity index (χ4v) is 8.94. The van der Waals surface area contributed by atoms with Gasteiger partial charge in [-0.15, -0.1) is 0 Å². The molecule has 0 saturated carbocycles. The predicted octanol–water partition coefficient (Wildman–Crippen LogP) is 3.37. The third-order valence-electron chi connectivity index (χ3n) is 13.3. The maximum absolute atomic E-state index is 13.8. The van der Waals surface area contributed by atoms with Crippen LogP contribution in [0.25, 0.3) is 0 Å². The summed E-state index contributed by atoms with van der Waals surface area (Å²) in [4.78, 5) is 54.7. The van der Waals surface area contributed by atoms with Crippen LogP contribution in [0.5, 0.6) is 0 Å². The number of ether oxygens (including phenoxy) is 10. The zero-order valence-electron chi connectivity index (χ0n) is 40.2. The molecule has 388 valence electrons. The SMILES string of the molecule is COC(=O)[C@@]1(OCC2O[C@@H](O[C@@H]3C(COC(=O)c4ccccc4)O[C@@H](OCc4ccccc4)C(OC(=O)c4ccccc4)[C@H]3C)C(OC(=O)c3ccccc3)[C@@H](C)[C@H]2O)C[C@@H](O)[C@@H](C)C([C@H](O)[C@H](O)CO)O1. The van der Waals surface area contributed by atoms with Crippen LogP contribution < -0.4 is 0 Å². The second kappa shape index (κ2) is 24.8. The quantitative estimate of drug-likeness (QED) is 0.0666. The normalized spacial score (nSPS) is 31.3. The summed E-state index contributed by atoms with van der Waals surface area (Å²) in [5.41, 5.74) is 1.42. The second-order valence-corrected chi connectivity index (χ2v) is 18.1. The fourth-order valence-electron chi connectivity index (χ4n) is 8.94. The molecule has 19 heteroatoms. The van der Waals surface area contributed by atoms with Gasteiger partial charge in [0.05, 0.1) is 68.0 Å². The highest BCUT2D eigenvalue weighted by atomic mass is 16.8. The summed E-state index contributed by atoms with van der Waals surface area (Å²) in [6, 6.07) is 33.8. The Balaban J connectivity index is 1.23. The molecular weight excluding hydrogens is 941 g/mol. The van der Waals surface area contributed by atoms with E-state index in [4.69, 9.17) is 47.4 Å². The summed E-state index contributed by atoms with van der Waals surface area (Å²) in [6.07, 6.45) is -17.7.